The fourth-order valence-corrected chi connectivity index (χ4v) is 2.62. The van der Waals surface area contributed by atoms with Gasteiger partial charge in [-0.2, -0.15) is 0 Å². The first-order valence-electron chi connectivity index (χ1n) is 5.81. The molecule has 0 spiro atoms. The number of aryl methyl sites for hydroxylation is 1. The van der Waals surface area contributed by atoms with Gasteiger partial charge in [0.25, 0.3) is 0 Å². The zero-order valence-electron chi connectivity index (χ0n) is 10.5. The van der Waals surface area contributed by atoms with E-state index in [-0.39, 0.29) is 11.9 Å². The van der Waals surface area contributed by atoms with Gasteiger partial charge in [-0.15, -0.1) is 0 Å². The van der Waals surface area contributed by atoms with Crippen LogP contribution >= 0.6 is 27.5 Å². The van der Waals surface area contributed by atoms with E-state index in [1.165, 1.54) is 12.1 Å². The number of nitrogens with one attached hydrogen (secondary N) is 1. The lowest BCUT2D eigenvalue weighted by molar-refractivity contribution is 0.625. The highest BCUT2D eigenvalue weighted by molar-refractivity contribution is 9.10. The van der Waals surface area contributed by atoms with Crippen LogP contribution in [0.1, 0.15) is 24.1 Å². The molecular formula is C14H13BrClFN2. The second kappa shape index (κ2) is 5.88. The predicted molar refractivity (Wildman–Crippen MR) is 80.1 cm³/mol. The Bertz CT molecular complexity index is 604. The highest BCUT2D eigenvalue weighted by atomic mass is 79.9. The molecule has 5 heteroatoms. The molecule has 1 heterocycles. The number of aromatic nitrogens is 1. The normalized spacial score (nSPS) is 12.3. The fourth-order valence-electron chi connectivity index (χ4n) is 1.82. The third kappa shape index (κ3) is 3.45. The minimum absolute atomic E-state index is 0.0253. The van der Waals surface area contributed by atoms with E-state index in [1.54, 1.807) is 12.3 Å². The summed E-state index contributed by atoms with van der Waals surface area (Å²) in [4.78, 5) is 4.09. The average Bonchev–Trinajstić information content (AvgIpc) is 2.33. The molecule has 0 saturated heterocycles. The summed E-state index contributed by atoms with van der Waals surface area (Å²) in [6, 6.07) is 6.62. The molecule has 2 nitrogen and oxygen atoms in total. The number of hydrogen-bond acceptors (Lipinski definition) is 2. The van der Waals surface area contributed by atoms with Gasteiger partial charge in [0.05, 0.1) is 11.9 Å². The van der Waals surface area contributed by atoms with Crippen molar-refractivity contribution in [2.45, 2.75) is 19.9 Å². The van der Waals surface area contributed by atoms with E-state index in [0.29, 0.717) is 5.15 Å². The maximum absolute atomic E-state index is 13.1. The lowest BCUT2D eigenvalue weighted by atomic mass is 10.1. The van der Waals surface area contributed by atoms with Gasteiger partial charge in [0, 0.05) is 10.5 Å². The number of anilines is 1. The highest BCUT2D eigenvalue weighted by Crippen LogP contribution is 2.27. The summed E-state index contributed by atoms with van der Waals surface area (Å²) in [6.45, 7) is 3.90. The first-order chi connectivity index (χ1) is 8.97. The molecule has 19 heavy (non-hydrogen) atoms. The Balaban J connectivity index is 2.20. The molecule has 0 aliphatic heterocycles. The molecule has 0 fully saturated rings. The van der Waals surface area contributed by atoms with E-state index in [9.17, 15) is 4.39 Å². The van der Waals surface area contributed by atoms with Crippen LogP contribution < -0.4 is 5.32 Å². The van der Waals surface area contributed by atoms with Crippen LogP contribution in [0.5, 0.6) is 0 Å². The predicted octanol–water partition coefficient (Wildman–Crippen LogP) is 5.12. The van der Waals surface area contributed by atoms with Crippen molar-refractivity contribution in [3.8, 4) is 0 Å². The molecule has 1 aromatic carbocycles. The molecular weight excluding hydrogens is 331 g/mol. The molecule has 0 aliphatic rings. The Morgan fingerprint density at radius 1 is 1.37 bits per heavy atom. The Morgan fingerprint density at radius 2 is 2.11 bits per heavy atom. The third-order valence-electron chi connectivity index (χ3n) is 2.83. The van der Waals surface area contributed by atoms with Gasteiger partial charge in [0.1, 0.15) is 11.0 Å². The SMILES string of the molecule is Cc1cc(NC(C)c2ccc(F)cc2Br)cnc1Cl. The van der Waals surface area contributed by atoms with E-state index in [0.717, 1.165) is 21.3 Å². The lowest BCUT2D eigenvalue weighted by Crippen LogP contribution is -2.08. The third-order valence-corrected chi connectivity index (χ3v) is 3.91. The van der Waals surface area contributed by atoms with Crippen LogP contribution in [0.15, 0.2) is 34.9 Å². The van der Waals surface area contributed by atoms with Gasteiger partial charge in [-0.1, -0.05) is 33.6 Å². The second-order valence-electron chi connectivity index (χ2n) is 4.36. The van der Waals surface area contributed by atoms with Crippen molar-refractivity contribution in [1.82, 2.24) is 4.98 Å². The quantitative estimate of drug-likeness (QED) is 0.783. The van der Waals surface area contributed by atoms with Crippen LogP contribution in [0.3, 0.4) is 0 Å². The fraction of sp³-hybridized carbons (Fsp3) is 0.214. The van der Waals surface area contributed by atoms with Crippen molar-refractivity contribution in [1.29, 1.82) is 0 Å². The summed E-state index contributed by atoms with van der Waals surface area (Å²) in [6.07, 6.45) is 1.68. The molecule has 0 saturated carbocycles. The largest absolute Gasteiger partial charge is 0.377 e. The van der Waals surface area contributed by atoms with Gasteiger partial charge >= 0.3 is 0 Å². The number of pyridine rings is 1. The summed E-state index contributed by atoms with van der Waals surface area (Å²) in [5.74, 6) is -0.258. The van der Waals surface area contributed by atoms with Crippen molar-refractivity contribution in [3.05, 3.63) is 57.0 Å². The van der Waals surface area contributed by atoms with Gasteiger partial charge in [-0.3, -0.25) is 0 Å². The number of rotatable bonds is 3. The topological polar surface area (TPSA) is 24.9 Å². The van der Waals surface area contributed by atoms with Crippen molar-refractivity contribution >= 4 is 33.2 Å². The molecule has 1 unspecified atom stereocenters. The van der Waals surface area contributed by atoms with Crippen LogP contribution in [0.2, 0.25) is 5.15 Å². The molecule has 1 atom stereocenters. The van der Waals surface area contributed by atoms with Crippen LogP contribution in [-0.2, 0) is 0 Å². The number of nitrogens with zero attached hydrogens (tertiary/aromatic N) is 1. The molecule has 1 N–H and O–H groups in total. The number of hydrogen-bond donors (Lipinski definition) is 1. The average molecular weight is 344 g/mol. The zero-order valence-corrected chi connectivity index (χ0v) is 12.9. The lowest BCUT2D eigenvalue weighted by Gasteiger charge is -2.17. The first-order valence-corrected chi connectivity index (χ1v) is 6.98. The molecule has 0 radical (unpaired) electrons. The monoisotopic (exact) mass is 342 g/mol. The van der Waals surface area contributed by atoms with Gasteiger partial charge in [0.2, 0.25) is 0 Å². The van der Waals surface area contributed by atoms with E-state index in [1.807, 2.05) is 19.9 Å². The Kier molecular flexibility index (Phi) is 4.42. The standard InChI is InChI=1S/C14H13BrClFN2/c1-8-5-11(7-18-14(8)16)19-9(2)12-4-3-10(17)6-13(12)15/h3-7,9,19H,1-2H3. The zero-order chi connectivity index (χ0) is 14.0. The van der Waals surface area contributed by atoms with Crippen molar-refractivity contribution in [2.75, 3.05) is 5.32 Å². The van der Waals surface area contributed by atoms with E-state index in [2.05, 4.69) is 26.2 Å². The summed E-state index contributed by atoms with van der Waals surface area (Å²) >= 11 is 9.26. The van der Waals surface area contributed by atoms with E-state index >= 15 is 0 Å². The van der Waals surface area contributed by atoms with Gasteiger partial charge < -0.3 is 5.32 Å². The maximum Gasteiger partial charge on any atom is 0.132 e. The summed E-state index contributed by atoms with van der Waals surface area (Å²) in [7, 11) is 0. The summed E-state index contributed by atoms with van der Waals surface area (Å²) in [5, 5.41) is 3.81. The van der Waals surface area contributed by atoms with Crippen LogP contribution in [0.4, 0.5) is 10.1 Å². The van der Waals surface area contributed by atoms with E-state index in [4.69, 9.17) is 11.6 Å². The second-order valence-corrected chi connectivity index (χ2v) is 5.58. The van der Waals surface area contributed by atoms with Crippen molar-refractivity contribution in [2.24, 2.45) is 0 Å². The van der Waals surface area contributed by atoms with Crippen molar-refractivity contribution < 1.29 is 4.39 Å². The summed E-state index contributed by atoms with van der Waals surface area (Å²) < 4.78 is 13.8. The molecule has 100 valence electrons. The highest BCUT2D eigenvalue weighted by Gasteiger charge is 2.10. The van der Waals surface area contributed by atoms with Crippen molar-refractivity contribution in [3.63, 3.8) is 0 Å². The minimum atomic E-state index is -0.258. The van der Waals surface area contributed by atoms with Gasteiger partial charge in [-0.25, -0.2) is 9.37 Å². The smallest absolute Gasteiger partial charge is 0.132 e. The van der Waals surface area contributed by atoms with Crippen LogP contribution in [-0.4, -0.2) is 4.98 Å². The van der Waals surface area contributed by atoms with Crippen LogP contribution in [0, 0.1) is 12.7 Å². The van der Waals surface area contributed by atoms with Gasteiger partial charge in [-0.05, 0) is 43.2 Å². The Labute approximate surface area is 125 Å². The molecule has 0 aliphatic carbocycles. The maximum atomic E-state index is 13.1. The number of benzene rings is 1. The first kappa shape index (κ1) is 14.3. The van der Waals surface area contributed by atoms with E-state index < -0.39 is 0 Å². The molecule has 0 amide bonds. The molecule has 1 aromatic heterocycles. The Morgan fingerprint density at radius 3 is 2.74 bits per heavy atom. The van der Waals surface area contributed by atoms with Gasteiger partial charge in [0.15, 0.2) is 0 Å². The molecule has 2 aromatic rings. The Hall–Kier alpha value is -1.13. The van der Waals surface area contributed by atoms with Crippen LogP contribution in [0.25, 0.3) is 0 Å². The number of halogens is 3. The minimum Gasteiger partial charge on any atom is -0.377 e. The summed E-state index contributed by atoms with van der Waals surface area (Å²) in [5.41, 5.74) is 2.77. The molecule has 0 bridgehead atoms. The molecule has 2 rings (SSSR count).